The molecule has 0 radical (unpaired) electrons. The van der Waals surface area contributed by atoms with Gasteiger partial charge in [-0.15, -0.1) is 12.4 Å². The molecule has 0 aliphatic rings. The van der Waals surface area contributed by atoms with Gasteiger partial charge in [0, 0.05) is 24.9 Å². The van der Waals surface area contributed by atoms with E-state index in [1.807, 2.05) is 31.3 Å². The highest BCUT2D eigenvalue weighted by Crippen LogP contribution is 2.19. The van der Waals surface area contributed by atoms with Crippen molar-refractivity contribution < 1.29 is 14.1 Å². The Balaban J connectivity index is 0.00000288. The van der Waals surface area contributed by atoms with Gasteiger partial charge >= 0.3 is 0 Å². The molecule has 0 saturated carbocycles. The molecule has 1 aromatic carbocycles. The van der Waals surface area contributed by atoms with Crippen molar-refractivity contribution in [1.82, 2.24) is 20.8 Å². The third-order valence-electron chi connectivity index (χ3n) is 3.31. The third kappa shape index (κ3) is 6.17. The van der Waals surface area contributed by atoms with Gasteiger partial charge in [0.15, 0.2) is 0 Å². The van der Waals surface area contributed by atoms with Gasteiger partial charge in [0.05, 0.1) is 7.11 Å². The third-order valence-corrected chi connectivity index (χ3v) is 3.31. The molecule has 1 heterocycles. The second-order valence-corrected chi connectivity index (χ2v) is 5.05. The van der Waals surface area contributed by atoms with Crippen LogP contribution >= 0.6 is 12.4 Å². The fourth-order valence-electron chi connectivity index (χ4n) is 2.02. The lowest BCUT2D eigenvalue weighted by Crippen LogP contribution is -2.26. The Morgan fingerprint density at radius 3 is 2.67 bits per heavy atom. The highest BCUT2D eigenvalue weighted by molar-refractivity contribution is 5.85. The van der Waals surface area contributed by atoms with Crippen LogP contribution in [0.2, 0.25) is 0 Å². The number of aryl methyl sites for hydroxylation is 1. The summed E-state index contributed by atoms with van der Waals surface area (Å²) in [5.41, 5.74) is 0.845. The summed E-state index contributed by atoms with van der Waals surface area (Å²) in [6.07, 6.45) is 1.68. The standard InChI is InChI=1S/C16H22N4O3.ClH/c1-17-10-3-11-18-14(21)8-9-15-19-16(20-23-15)12-4-6-13(22-2)7-5-12;/h4-7,17H,3,8-11H2,1-2H3,(H,18,21);1H. The van der Waals surface area contributed by atoms with Gasteiger partial charge in [-0.1, -0.05) is 5.16 Å². The first-order chi connectivity index (χ1) is 11.2. The van der Waals surface area contributed by atoms with Crippen molar-refractivity contribution in [1.29, 1.82) is 0 Å². The second-order valence-electron chi connectivity index (χ2n) is 5.05. The Labute approximate surface area is 147 Å². The molecule has 2 aromatic rings. The van der Waals surface area contributed by atoms with E-state index in [2.05, 4.69) is 20.8 Å². The van der Waals surface area contributed by atoms with E-state index in [0.717, 1.165) is 24.3 Å². The predicted molar refractivity (Wildman–Crippen MR) is 93.4 cm³/mol. The molecule has 0 saturated heterocycles. The summed E-state index contributed by atoms with van der Waals surface area (Å²) in [4.78, 5) is 16.0. The molecule has 1 amide bonds. The molecule has 0 fully saturated rings. The maximum absolute atomic E-state index is 11.7. The number of ether oxygens (including phenoxy) is 1. The number of nitrogens with zero attached hydrogens (tertiary/aromatic N) is 2. The maximum Gasteiger partial charge on any atom is 0.227 e. The Hall–Kier alpha value is -2.12. The van der Waals surface area contributed by atoms with Crippen LogP contribution < -0.4 is 15.4 Å². The van der Waals surface area contributed by atoms with Crippen molar-refractivity contribution in [3.63, 3.8) is 0 Å². The minimum absolute atomic E-state index is 0. The number of hydrogen-bond donors (Lipinski definition) is 2. The molecule has 0 aliphatic carbocycles. The lowest BCUT2D eigenvalue weighted by Gasteiger charge is -2.03. The van der Waals surface area contributed by atoms with Crippen molar-refractivity contribution in [2.45, 2.75) is 19.3 Å². The van der Waals surface area contributed by atoms with E-state index in [9.17, 15) is 4.79 Å². The average molecular weight is 355 g/mol. The molecular formula is C16H23ClN4O3. The number of halogens is 1. The highest BCUT2D eigenvalue weighted by atomic mass is 35.5. The molecule has 7 nitrogen and oxygen atoms in total. The summed E-state index contributed by atoms with van der Waals surface area (Å²) in [5, 5.41) is 9.83. The predicted octanol–water partition coefficient (Wildman–Crippen LogP) is 1.83. The van der Waals surface area contributed by atoms with Crippen LogP contribution in [0.4, 0.5) is 0 Å². The first-order valence-electron chi connectivity index (χ1n) is 7.61. The van der Waals surface area contributed by atoms with Gasteiger partial charge in [-0.3, -0.25) is 4.79 Å². The van der Waals surface area contributed by atoms with E-state index >= 15 is 0 Å². The van der Waals surface area contributed by atoms with Crippen molar-refractivity contribution >= 4 is 18.3 Å². The number of aromatic nitrogens is 2. The largest absolute Gasteiger partial charge is 0.497 e. The van der Waals surface area contributed by atoms with Gasteiger partial charge in [-0.05, 0) is 44.3 Å². The summed E-state index contributed by atoms with van der Waals surface area (Å²) in [5.74, 6) is 1.73. The van der Waals surface area contributed by atoms with E-state index < -0.39 is 0 Å². The molecule has 0 unspecified atom stereocenters. The zero-order valence-corrected chi connectivity index (χ0v) is 14.7. The molecule has 0 atom stereocenters. The van der Waals surface area contributed by atoms with Gasteiger partial charge < -0.3 is 19.9 Å². The summed E-state index contributed by atoms with van der Waals surface area (Å²) < 4.78 is 10.3. The second kappa shape index (κ2) is 10.6. The first kappa shape index (κ1) is 19.9. The highest BCUT2D eigenvalue weighted by Gasteiger charge is 2.10. The lowest BCUT2D eigenvalue weighted by molar-refractivity contribution is -0.121. The lowest BCUT2D eigenvalue weighted by atomic mass is 10.2. The number of hydrogen-bond acceptors (Lipinski definition) is 6. The van der Waals surface area contributed by atoms with Gasteiger partial charge in [-0.25, -0.2) is 0 Å². The van der Waals surface area contributed by atoms with Gasteiger partial charge in [0.2, 0.25) is 17.6 Å². The normalized spacial score (nSPS) is 10.1. The molecule has 0 spiro atoms. The summed E-state index contributed by atoms with van der Waals surface area (Å²) >= 11 is 0. The summed E-state index contributed by atoms with van der Waals surface area (Å²) in [7, 11) is 3.50. The van der Waals surface area contributed by atoms with Crippen molar-refractivity contribution in [3.05, 3.63) is 30.2 Å². The van der Waals surface area contributed by atoms with Crippen LogP contribution in [0.3, 0.4) is 0 Å². The zero-order valence-electron chi connectivity index (χ0n) is 13.9. The molecule has 8 heteroatoms. The quantitative estimate of drug-likeness (QED) is 0.668. The molecule has 2 N–H and O–H groups in total. The minimum atomic E-state index is -0.00898. The number of nitrogens with one attached hydrogen (secondary N) is 2. The van der Waals surface area contributed by atoms with Gasteiger partial charge in [0.25, 0.3) is 0 Å². The van der Waals surface area contributed by atoms with E-state index in [0.29, 0.717) is 31.1 Å². The molecular weight excluding hydrogens is 332 g/mol. The summed E-state index contributed by atoms with van der Waals surface area (Å²) in [6, 6.07) is 7.40. The van der Waals surface area contributed by atoms with E-state index in [4.69, 9.17) is 9.26 Å². The van der Waals surface area contributed by atoms with E-state index in [1.165, 1.54) is 0 Å². The number of carbonyl (C=O) groups is 1. The first-order valence-corrected chi connectivity index (χ1v) is 7.61. The molecule has 0 aliphatic heterocycles. The molecule has 24 heavy (non-hydrogen) atoms. The van der Waals surface area contributed by atoms with Crippen molar-refractivity contribution in [2.75, 3.05) is 27.2 Å². The number of carbonyl (C=O) groups excluding carboxylic acids is 1. The fraction of sp³-hybridized carbons (Fsp3) is 0.438. The maximum atomic E-state index is 11.7. The van der Waals surface area contributed by atoms with Crippen LogP contribution in [0.15, 0.2) is 28.8 Å². The van der Waals surface area contributed by atoms with Crippen LogP contribution in [0.5, 0.6) is 5.75 Å². The topological polar surface area (TPSA) is 89.3 Å². The van der Waals surface area contributed by atoms with Crippen LogP contribution in [-0.2, 0) is 11.2 Å². The number of amides is 1. The molecule has 0 bridgehead atoms. The van der Waals surface area contributed by atoms with Crippen LogP contribution in [0.25, 0.3) is 11.4 Å². The van der Waals surface area contributed by atoms with Crippen molar-refractivity contribution in [2.24, 2.45) is 0 Å². The molecule has 2 rings (SSSR count). The van der Waals surface area contributed by atoms with E-state index in [1.54, 1.807) is 7.11 Å². The average Bonchev–Trinajstić information content (AvgIpc) is 3.06. The smallest absolute Gasteiger partial charge is 0.227 e. The minimum Gasteiger partial charge on any atom is -0.497 e. The zero-order chi connectivity index (χ0) is 16.5. The number of benzene rings is 1. The Morgan fingerprint density at radius 1 is 1.25 bits per heavy atom. The Kier molecular flexibility index (Phi) is 8.81. The van der Waals surface area contributed by atoms with Gasteiger partial charge in [0.1, 0.15) is 5.75 Å². The van der Waals surface area contributed by atoms with Crippen LogP contribution in [-0.4, -0.2) is 43.3 Å². The monoisotopic (exact) mass is 354 g/mol. The SMILES string of the molecule is CNCCCNC(=O)CCc1nc(-c2ccc(OC)cc2)no1.Cl. The Morgan fingerprint density at radius 2 is 2.00 bits per heavy atom. The number of rotatable bonds is 9. The molecule has 1 aromatic heterocycles. The molecule has 132 valence electrons. The summed E-state index contributed by atoms with van der Waals surface area (Å²) in [6.45, 7) is 1.55. The van der Waals surface area contributed by atoms with Crippen molar-refractivity contribution in [3.8, 4) is 17.1 Å². The van der Waals surface area contributed by atoms with E-state index in [-0.39, 0.29) is 18.3 Å². The van der Waals surface area contributed by atoms with Crippen LogP contribution in [0.1, 0.15) is 18.7 Å². The fourth-order valence-corrected chi connectivity index (χ4v) is 2.02. The van der Waals surface area contributed by atoms with Gasteiger partial charge in [-0.2, -0.15) is 4.98 Å². The Bertz CT molecular complexity index is 616. The van der Waals surface area contributed by atoms with Crippen LogP contribution in [0, 0.1) is 0 Å². The number of methoxy groups -OCH3 is 1.